The van der Waals surface area contributed by atoms with Crippen LogP contribution in [0.5, 0.6) is 0 Å². The van der Waals surface area contributed by atoms with Crippen LogP contribution in [0.15, 0.2) is 4.79 Å². The Morgan fingerprint density at radius 3 is 2.54 bits per heavy atom. The zero-order valence-electron chi connectivity index (χ0n) is 8.85. The van der Waals surface area contributed by atoms with Crippen molar-refractivity contribution < 1.29 is 0 Å². The van der Waals surface area contributed by atoms with Gasteiger partial charge >= 0.3 is 0 Å². The van der Waals surface area contributed by atoms with Gasteiger partial charge in [-0.15, -0.1) is 0 Å². The maximum Gasteiger partial charge on any atom is 0.269 e. The van der Waals surface area contributed by atoms with Crippen LogP contribution in [-0.2, 0) is 19.9 Å². The molecule has 0 amide bonds. The number of H-pyrrole nitrogens is 1. The van der Waals surface area contributed by atoms with Gasteiger partial charge in [-0.25, -0.2) is 0 Å². The molecule has 1 aromatic heterocycles. The molecular weight excluding hydrogens is 164 g/mol. The Morgan fingerprint density at radius 1 is 1.46 bits per heavy atom. The number of aromatic amines is 1. The van der Waals surface area contributed by atoms with Crippen LogP contribution in [0.1, 0.15) is 32.0 Å². The second-order valence-electron chi connectivity index (χ2n) is 3.88. The van der Waals surface area contributed by atoms with E-state index >= 15 is 0 Å². The smallest absolute Gasteiger partial charge is 0.269 e. The first-order valence-electron chi connectivity index (χ1n) is 4.83. The number of aromatic nitrogens is 2. The number of hydrogen-bond donors (Lipinski definition) is 1. The molecule has 3 heteroatoms. The molecule has 1 aromatic rings. The van der Waals surface area contributed by atoms with E-state index in [1.54, 1.807) is 11.7 Å². The normalized spacial score (nSPS) is 11.2. The molecule has 0 aliphatic heterocycles. The van der Waals surface area contributed by atoms with Gasteiger partial charge in [0.05, 0.1) is 0 Å². The van der Waals surface area contributed by atoms with Crippen molar-refractivity contribution in [2.45, 2.75) is 33.6 Å². The van der Waals surface area contributed by atoms with E-state index in [-0.39, 0.29) is 5.56 Å². The first-order valence-corrected chi connectivity index (χ1v) is 4.83. The molecule has 1 rings (SSSR count). The quantitative estimate of drug-likeness (QED) is 0.755. The van der Waals surface area contributed by atoms with Crippen LogP contribution < -0.4 is 5.56 Å². The molecule has 74 valence electrons. The molecule has 0 atom stereocenters. The second-order valence-corrected chi connectivity index (χ2v) is 3.88. The van der Waals surface area contributed by atoms with E-state index in [9.17, 15) is 4.79 Å². The summed E-state index contributed by atoms with van der Waals surface area (Å²) in [7, 11) is 1.77. The third-order valence-electron chi connectivity index (χ3n) is 2.20. The van der Waals surface area contributed by atoms with Gasteiger partial charge in [-0.05, 0) is 18.8 Å². The molecule has 0 spiro atoms. The van der Waals surface area contributed by atoms with Gasteiger partial charge in [0, 0.05) is 18.3 Å². The Hall–Kier alpha value is -0.990. The van der Waals surface area contributed by atoms with Crippen molar-refractivity contribution in [1.29, 1.82) is 0 Å². The van der Waals surface area contributed by atoms with Crippen molar-refractivity contribution in [3.63, 3.8) is 0 Å². The zero-order valence-corrected chi connectivity index (χ0v) is 8.85. The van der Waals surface area contributed by atoms with Gasteiger partial charge in [-0.3, -0.25) is 14.6 Å². The summed E-state index contributed by atoms with van der Waals surface area (Å²) in [6.07, 6.45) is 1.78. The molecule has 0 saturated heterocycles. The SMILES string of the molecule is CCc1c(CC(C)C)[nH]n(C)c1=O. The van der Waals surface area contributed by atoms with Crippen LogP contribution in [0.2, 0.25) is 0 Å². The van der Waals surface area contributed by atoms with Crippen molar-refractivity contribution in [1.82, 2.24) is 9.78 Å². The largest absolute Gasteiger partial charge is 0.300 e. The van der Waals surface area contributed by atoms with E-state index in [1.165, 1.54) is 0 Å². The molecule has 0 bridgehead atoms. The van der Waals surface area contributed by atoms with E-state index in [1.807, 2.05) is 6.92 Å². The Kier molecular flexibility index (Phi) is 2.96. The highest BCUT2D eigenvalue weighted by Gasteiger charge is 2.10. The van der Waals surface area contributed by atoms with E-state index in [0.29, 0.717) is 5.92 Å². The highest BCUT2D eigenvalue weighted by molar-refractivity contribution is 5.17. The first kappa shape index (κ1) is 10.1. The molecule has 1 N–H and O–H groups in total. The summed E-state index contributed by atoms with van der Waals surface area (Å²) in [4.78, 5) is 11.5. The highest BCUT2D eigenvalue weighted by Crippen LogP contribution is 2.08. The Morgan fingerprint density at radius 2 is 2.08 bits per heavy atom. The number of aryl methyl sites for hydroxylation is 1. The van der Waals surface area contributed by atoms with E-state index < -0.39 is 0 Å². The fraction of sp³-hybridized carbons (Fsp3) is 0.700. The lowest BCUT2D eigenvalue weighted by Gasteiger charge is -2.03. The maximum atomic E-state index is 11.5. The average molecular weight is 182 g/mol. The summed E-state index contributed by atoms with van der Waals surface area (Å²) in [6, 6.07) is 0. The molecular formula is C10H18N2O. The van der Waals surface area contributed by atoms with Crippen LogP contribution >= 0.6 is 0 Å². The minimum Gasteiger partial charge on any atom is -0.300 e. The maximum absolute atomic E-state index is 11.5. The zero-order chi connectivity index (χ0) is 10.0. The Bertz CT molecular complexity index is 333. The molecule has 0 radical (unpaired) electrons. The summed E-state index contributed by atoms with van der Waals surface area (Å²) in [5.41, 5.74) is 2.17. The molecule has 0 saturated carbocycles. The third-order valence-corrected chi connectivity index (χ3v) is 2.20. The molecule has 0 aromatic carbocycles. The summed E-state index contributed by atoms with van der Waals surface area (Å²) in [5, 5.41) is 3.10. The minimum absolute atomic E-state index is 0.123. The Balaban J connectivity index is 3.07. The number of nitrogens with one attached hydrogen (secondary N) is 1. The molecule has 0 fully saturated rings. The van der Waals surface area contributed by atoms with Gasteiger partial charge in [0.1, 0.15) is 0 Å². The average Bonchev–Trinajstić information content (AvgIpc) is 2.27. The summed E-state index contributed by atoms with van der Waals surface area (Å²) >= 11 is 0. The van der Waals surface area contributed by atoms with Crippen molar-refractivity contribution in [2.75, 3.05) is 0 Å². The van der Waals surface area contributed by atoms with Crippen molar-refractivity contribution in [3.05, 3.63) is 21.6 Å². The fourth-order valence-electron chi connectivity index (χ4n) is 1.59. The summed E-state index contributed by atoms with van der Waals surface area (Å²) in [5.74, 6) is 0.586. The standard InChI is InChI=1S/C10H18N2O/c1-5-8-9(6-7(2)3)11-12(4)10(8)13/h7,11H,5-6H2,1-4H3. The first-order chi connectivity index (χ1) is 6.06. The molecule has 13 heavy (non-hydrogen) atoms. The van der Waals surface area contributed by atoms with Gasteiger partial charge in [-0.2, -0.15) is 0 Å². The van der Waals surface area contributed by atoms with Gasteiger partial charge in [0.2, 0.25) is 0 Å². The fourth-order valence-corrected chi connectivity index (χ4v) is 1.59. The number of nitrogens with zero attached hydrogens (tertiary/aromatic N) is 1. The van der Waals surface area contributed by atoms with E-state index in [0.717, 1.165) is 24.1 Å². The van der Waals surface area contributed by atoms with Crippen LogP contribution in [0.25, 0.3) is 0 Å². The van der Waals surface area contributed by atoms with Gasteiger partial charge < -0.3 is 0 Å². The molecule has 0 unspecified atom stereocenters. The van der Waals surface area contributed by atoms with Gasteiger partial charge in [0.25, 0.3) is 5.56 Å². The van der Waals surface area contributed by atoms with Crippen molar-refractivity contribution in [2.24, 2.45) is 13.0 Å². The topological polar surface area (TPSA) is 37.8 Å². The van der Waals surface area contributed by atoms with Crippen LogP contribution in [-0.4, -0.2) is 9.78 Å². The minimum atomic E-state index is 0.123. The monoisotopic (exact) mass is 182 g/mol. The predicted molar refractivity (Wildman–Crippen MR) is 54.0 cm³/mol. The molecule has 1 heterocycles. The van der Waals surface area contributed by atoms with E-state index in [4.69, 9.17) is 0 Å². The molecule has 3 nitrogen and oxygen atoms in total. The summed E-state index contributed by atoms with van der Waals surface area (Å²) < 4.78 is 1.57. The van der Waals surface area contributed by atoms with Crippen LogP contribution in [0.4, 0.5) is 0 Å². The molecule has 0 aliphatic rings. The lowest BCUT2D eigenvalue weighted by Crippen LogP contribution is -2.14. The number of hydrogen-bond acceptors (Lipinski definition) is 1. The summed E-state index contributed by atoms with van der Waals surface area (Å²) in [6.45, 7) is 6.34. The number of rotatable bonds is 3. The molecule has 0 aliphatic carbocycles. The Labute approximate surface area is 78.8 Å². The highest BCUT2D eigenvalue weighted by atomic mass is 16.1. The van der Waals surface area contributed by atoms with Gasteiger partial charge in [-0.1, -0.05) is 20.8 Å². The van der Waals surface area contributed by atoms with Crippen LogP contribution in [0, 0.1) is 5.92 Å². The van der Waals surface area contributed by atoms with Crippen molar-refractivity contribution in [3.8, 4) is 0 Å². The van der Waals surface area contributed by atoms with Gasteiger partial charge in [0.15, 0.2) is 0 Å². The third kappa shape index (κ3) is 2.02. The lowest BCUT2D eigenvalue weighted by molar-refractivity contribution is 0.616. The van der Waals surface area contributed by atoms with Crippen LogP contribution in [0.3, 0.4) is 0 Å². The predicted octanol–water partition coefficient (Wildman–Crippen LogP) is 1.47. The lowest BCUT2D eigenvalue weighted by atomic mass is 10.0. The van der Waals surface area contributed by atoms with E-state index in [2.05, 4.69) is 18.9 Å². The van der Waals surface area contributed by atoms with Crippen molar-refractivity contribution >= 4 is 0 Å². The second kappa shape index (κ2) is 3.81.